The molecule has 0 bridgehead atoms. The zero-order valence-electron chi connectivity index (χ0n) is 23.5. The summed E-state index contributed by atoms with van der Waals surface area (Å²) in [5, 5.41) is 8.86. The molecule has 0 saturated carbocycles. The molecule has 0 atom stereocenters. The van der Waals surface area contributed by atoms with Gasteiger partial charge < -0.3 is 24.8 Å². The van der Waals surface area contributed by atoms with Crippen LogP contribution in [0.1, 0.15) is 54.4 Å². The van der Waals surface area contributed by atoms with Crippen LogP contribution in [0.25, 0.3) is 21.5 Å². The molecule has 200 valence electrons. The minimum Gasteiger partial charge on any atom is -1.00 e. The monoisotopic (exact) mass is 650 g/mol. The molecule has 37 heavy (non-hydrogen) atoms. The molecule has 0 heterocycles. The van der Waals surface area contributed by atoms with Crippen molar-refractivity contribution in [3.05, 3.63) is 72.8 Å². The van der Waals surface area contributed by atoms with Crippen LogP contribution in [0.4, 0.5) is 0 Å². The number of fused-ring (bicyclic) bond motifs is 2. The largest absolute Gasteiger partial charge is 4.00 e. The zero-order chi connectivity index (χ0) is 24.5. The molecular weight excluding hydrogens is 608 g/mol. The quantitative estimate of drug-likeness (QED) is 0.182. The third-order valence-electron chi connectivity index (χ3n) is 6.09. The van der Waals surface area contributed by atoms with Gasteiger partial charge in [-0.3, -0.25) is 0 Å². The summed E-state index contributed by atoms with van der Waals surface area (Å²) in [6.45, 7) is 14.0. The molecule has 0 aliphatic carbocycles. The van der Waals surface area contributed by atoms with Crippen molar-refractivity contribution >= 4 is 48.0 Å². The van der Waals surface area contributed by atoms with E-state index in [0.717, 1.165) is 11.8 Å². The van der Waals surface area contributed by atoms with Gasteiger partial charge in [-0.25, -0.2) is 0 Å². The molecule has 0 spiro atoms. The third kappa shape index (κ3) is 11.5. The van der Waals surface area contributed by atoms with E-state index in [4.69, 9.17) is 0 Å². The molecule has 0 unspecified atom stereocenters. The van der Waals surface area contributed by atoms with E-state index in [2.05, 4.69) is 114 Å². The van der Waals surface area contributed by atoms with Gasteiger partial charge in [0.05, 0.1) is 0 Å². The van der Waals surface area contributed by atoms with E-state index in [0.29, 0.717) is 0 Å². The van der Waals surface area contributed by atoms with Crippen molar-refractivity contribution in [2.75, 3.05) is 24.6 Å². The van der Waals surface area contributed by atoms with Crippen molar-refractivity contribution in [2.24, 2.45) is 11.8 Å². The molecule has 5 heteroatoms. The van der Waals surface area contributed by atoms with Crippen LogP contribution in [0.3, 0.4) is 0 Å². The summed E-state index contributed by atoms with van der Waals surface area (Å²) in [4.78, 5) is 0. The molecule has 0 aliphatic heterocycles. The van der Waals surface area contributed by atoms with Gasteiger partial charge in [0.25, 0.3) is 0 Å². The summed E-state index contributed by atoms with van der Waals surface area (Å²) in [6.07, 6.45) is 8.13. The van der Waals surface area contributed by atoms with E-state index in [9.17, 15) is 0 Å². The zero-order valence-corrected chi connectivity index (χ0v) is 29.2. The van der Waals surface area contributed by atoms with Crippen molar-refractivity contribution in [3.63, 3.8) is 0 Å². The maximum Gasteiger partial charge on any atom is 4.00 e. The van der Waals surface area contributed by atoms with Crippen molar-refractivity contribution in [3.8, 4) is 0 Å². The van der Waals surface area contributed by atoms with Gasteiger partial charge in [-0.2, -0.15) is 12.1 Å². The Balaban J connectivity index is 0.000000651. The third-order valence-corrected chi connectivity index (χ3v) is 12.4. The van der Waals surface area contributed by atoms with E-state index in [1.54, 1.807) is 10.6 Å². The van der Waals surface area contributed by atoms with Crippen LogP contribution in [-0.2, 0) is 26.2 Å². The predicted molar refractivity (Wildman–Crippen MR) is 162 cm³/mol. The van der Waals surface area contributed by atoms with E-state index >= 15 is 0 Å². The van der Waals surface area contributed by atoms with Crippen LogP contribution >= 0.6 is 15.8 Å². The summed E-state index contributed by atoms with van der Waals surface area (Å²) >= 11 is 0. The maximum absolute atomic E-state index is 2.42. The smallest absolute Gasteiger partial charge is 1.00 e. The Morgan fingerprint density at radius 2 is 1.00 bits per heavy atom. The minimum absolute atomic E-state index is 0. The molecule has 0 saturated heterocycles. The predicted octanol–water partition coefficient (Wildman–Crippen LogP) is 3.47. The Hall–Kier alpha value is -0.0169. The van der Waals surface area contributed by atoms with Crippen LogP contribution in [-0.4, -0.2) is 24.6 Å². The van der Waals surface area contributed by atoms with Crippen LogP contribution < -0.4 is 35.4 Å². The topological polar surface area (TPSA) is 0 Å². The van der Waals surface area contributed by atoms with Crippen molar-refractivity contribution in [2.45, 2.75) is 54.4 Å². The number of halogens is 2. The molecule has 0 amide bonds. The summed E-state index contributed by atoms with van der Waals surface area (Å²) in [7, 11) is 0.116. The minimum atomic E-state index is 0. The molecule has 0 N–H and O–H groups in total. The van der Waals surface area contributed by atoms with Crippen LogP contribution in [0.5, 0.6) is 0 Å². The van der Waals surface area contributed by atoms with Gasteiger partial charge in [-0.05, 0) is 36.5 Å². The molecule has 4 aromatic rings. The van der Waals surface area contributed by atoms with Gasteiger partial charge >= 0.3 is 26.2 Å². The van der Waals surface area contributed by atoms with Gasteiger partial charge in [0.15, 0.2) is 0 Å². The molecule has 0 aromatic heterocycles. The van der Waals surface area contributed by atoms with Crippen LogP contribution in [0.15, 0.2) is 72.8 Å². The Kier molecular flexibility index (Phi) is 19.1. The van der Waals surface area contributed by atoms with E-state index in [1.165, 1.54) is 59.0 Å². The Morgan fingerprint density at radius 3 is 1.35 bits per heavy atom. The normalized spacial score (nSPS) is 10.9. The first-order valence-electron chi connectivity index (χ1n) is 13.2. The summed E-state index contributed by atoms with van der Waals surface area (Å²) in [6, 6.07) is 27.1. The van der Waals surface area contributed by atoms with Crippen LogP contribution in [0.2, 0.25) is 0 Å². The van der Waals surface area contributed by atoms with Crippen LogP contribution in [0, 0.1) is 11.8 Å². The van der Waals surface area contributed by atoms with Gasteiger partial charge in [-0.1, -0.05) is 82.4 Å². The molecule has 0 radical (unpaired) electrons. The van der Waals surface area contributed by atoms with Gasteiger partial charge in [0, 0.05) is 0 Å². The Bertz CT molecular complexity index is 1050. The Labute approximate surface area is 260 Å². The Morgan fingerprint density at radius 1 is 0.622 bits per heavy atom. The van der Waals surface area contributed by atoms with Crippen molar-refractivity contribution in [1.82, 2.24) is 0 Å². The fourth-order valence-corrected chi connectivity index (χ4v) is 10.2. The van der Waals surface area contributed by atoms with Gasteiger partial charge in [0.1, 0.15) is 0 Å². The molecule has 0 aliphatic rings. The van der Waals surface area contributed by atoms with E-state index in [1.807, 2.05) is 0 Å². The SMILES string of the molecule is CC(C)CP(CC(C)C)c1cc2ccccc2[cH-]1.CCCP(CCC)c1cc2ccccc2[cH-]1.[Cl-].[Cl-].[Zr+4]. The first-order valence-corrected chi connectivity index (χ1v) is 16.6. The van der Waals surface area contributed by atoms with Gasteiger partial charge in [-0.15, -0.1) is 80.7 Å². The van der Waals surface area contributed by atoms with E-state index in [-0.39, 0.29) is 66.9 Å². The average molecular weight is 653 g/mol. The van der Waals surface area contributed by atoms with E-state index < -0.39 is 0 Å². The number of benzene rings is 2. The van der Waals surface area contributed by atoms with Gasteiger partial charge in [0.2, 0.25) is 0 Å². The fourth-order valence-electron chi connectivity index (χ4n) is 4.71. The maximum atomic E-state index is 2.42. The fraction of sp³-hybridized carbons (Fsp3) is 0.438. The second-order valence-electron chi connectivity index (χ2n) is 10.4. The second kappa shape index (κ2) is 19.1. The molecule has 4 rings (SSSR count). The van der Waals surface area contributed by atoms with Crippen molar-refractivity contribution in [1.29, 1.82) is 0 Å². The second-order valence-corrected chi connectivity index (χ2v) is 15.2. The molecule has 0 fully saturated rings. The number of hydrogen-bond donors (Lipinski definition) is 0. The number of rotatable bonds is 10. The number of hydrogen-bond acceptors (Lipinski definition) is 0. The molecule has 4 aromatic carbocycles. The van der Waals surface area contributed by atoms with Crippen molar-refractivity contribution < 1.29 is 51.0 Å². The molecular formula is C32H44Cl2P2Zr. The summed E-state index contributed by atoms with van der Waals surface area (Å²) in [5.41, 5.74) is 0. The summed E-state index contributed by atoms with van der Waals surface area (Å²) in [5.74, 6) is 1.60. The summed E-state index contributed by atoms with van der Waals surface area (Å²) < 4.78 is 0. The first kappa shape index (κ1) is 37.0. The average Bonchev–Trinajstić information content (AvgIpc) is 3.42. The standard InChI is InChI=1S/C17H24P.C15H20P.2ClH.Zr/c1-13(2)11-18(12-14(3)4)17-9-15-7-5-6-8-16(15)10-17;1-3-9-16(10-4-2)15-11-13-7-5-6-8-14(13)12-15;;;/h5-10,13-14H,11-12H2,1-4H3;5-8,11-12H,3-4,9-10H2,1-2H3;2*1H;/q2*-1;;;+4/p-2. The molecule has 0 nitrogen and oxygen atoms in total. The first-order chi connectivity index (χ1) is 16.4.